The van der Waals surface area contributed by atoms with E-state index in [1.54, 1.807) is 19.0 Å². The van der Waals surface area contributed by atoms with Crippen molar-refractivity contribution in [3.63, 3.8) is 0 Å². The SMILES string of the molecule is Cc1ccc(C(C)NC(=NCc2ccc(Br)cc2)NCC(=O)N(C)C)o1.I. The van der Waals surface area contributed by atoms with E-state index in [1.165, 1.54) is 0 Å². The van der Waals surface area contributed by atoms with Gasteiger partial charge >= 0.3 is 0 Å². The molecule has 1 aromatic heterocycles. The van der Waals surface area contributed by atoms with E-state index in [9.17, 15) is 4.79 Å². The number of guanidine groups is 1. The first-order valence-corrected chi connectivity index (χ1v) is 9.20. The summed E-state index contributed by atoms with van der Waals surface area (Å²) in [5.41, 5.74) is 1.08. The van der Waals surface area contributed by atoms with Gasteiger partial charge in [0.25, 0.3) is 0 Å². The molecule has 1 aromatic carbocycles. The molecule has 6 nitrogen and oxygen atoms in total. The highest BCUT2D eigenvalue weighted by molar-refractivity contribution is 14.0. The molecule has 0 aliphatic rings. The van der Waals surface area contributed by atoms with E-state index in [0.29, 0.717) is 12.5 Å². The zero-order valence-electron chi connectivity index (χ0n) is 16.0. The van der Waals surface area contributed by atoms with Gasteiger partial charge in [-0.2, -0.15) is 0 Å². The van der Waals surface area contributed by atoms with E-state index in [0.717, 1.165) is 21.6 Å². The van der Waals surface area contributed by atoms with Crippen LogP contribution in [0, 0.1) is 6.92 Å². The van der Waals surface area contributed by atoms with Gasteiger partial charge in [0.2, 0.25) is 5.91 Å². The minimum absolute atomic E-state index is 0. The van der Waals surface area contributed by atoms with Crippen molar-refractivity contribution in [3.05, 3.63) is 58.0 Å². The van der Waals surface area contributed by atoms with Gasteiger partial charge in [0, 0.05) is 18.6 Å². The fourth-order valence-electron chi connectivity index (χ4n) is 2.19. The number of aryl methyl sites for hydroxylation is 1. The van der Waals surface area contributed by atoms with Crippen LogP contribution < -0.4 is 10.6 Å². The summed E-state index contributed by atoms with van der Waals surface area (Å²) in [5, 5.41) is 6.37. The Kier molecular flexibility index (Phi) is 9.86. The molecule has 0 saturated heterocycles. The van der Waals surface area contributed by atoms with Gasteiger partial charge in [-0.1, -0.05) is 28.1 Å². The van der Waals surface area contributed by atoms with Crippen molar-refractivity contribution >= 4 is 51.8 Å². The molecule has 2 N–H and O–H groups in total. The van der Waals surface area contributed by atoms with E-state index >= 15 is 0 Å². The fraction of sp³-hybridized carbons (Fsp3) is 0.368. The highest BCUT2D eigenvalue weighted by Gasteiger charge is 2.13. The van der Waals surface area contributed by atoms with Gasteiger partial charge in [0.15, 0.2) is 5.96 Å². The minimum atomic E-state index is -0.0747. The molecule has 1 amide bonds. The van der Waals surface area contributed by atoms with E-state index in [4.69, 9.17) is 4.42 Å². The molecule has 0 aliphatic heterocycles. The molecule has 2 aromatic rings. The van der Waals surface area contributed by atoms with Gasteiger partial charge in [-0.15, -0.1) is 24.0 Å². The Morgan fingerprint density at radius 2 is 1.89 bits per heavy atom. The van der Waals surface area contributed by atoms with Crippen LogP contribution in [-0.4, -0.2) is 37.4 Å². The van der Waals surface area contributed by atoms with Crippen LogP contribution in [0.3, 0.4) is 0 Å². The molecular weight excluding hydrogens is 523 g/mol. The van der Waals surface area contributed by atoms with Crippen molar-refractivity contribution in [2.75, 3.05) is 20.6 Å². The summed E-state index contributed by atoms with van der Waals surface area (Å²) < 4.78 is 6.69. The van der Waals surface area contributed by atoms with E-state index in [1.807, 2.05) is 50.2 Å². The average Bonchev–Trinajstić information content (AvgIpc) is 3.04. The molecule has 0 radical (unpaired) electrons. The molecule has 0 spiro atoms. The maximum atomic E-state index is 11.9. The van der Waals surface area contributed by atoms with Crippen LogP contribution in [0.4, 0.5) is 0 Å². The summed E-state index contributed by atoms with van der Waals surface area (Å²) in [6.07, 6.45) is 0. The van der Waals surface area contributed by atoms with Crippen LogP contribution in [-0.2, 0) is 11.3 Å². The molecule has 0 bridgehead atoms. The summed E-state index contributed by atoms with van der Waals surface area (Å²) in [5.74, 6) is 2.21. The second-order valence-corrected chi connectivity index (χ2v) is 7.16. The summed E-state index contributed by atoms with van der Waals surface area (Å²) in [7, 11) is 3.45. The highest BCUT2D eigenvalue weighted by Crippen LogP contribution is 2.15. The topological polar surface area (TPSA) is 69.9 Å². The Balaban J connectivity index is 0.00000364. The maximum absolute atomic E-state index is 11.9. The number of hydrogen-bond donors (Lipinski definition) is 2. The predicted molar refractivity (Wildman–Crippen MR) is 122 cm³/mol. The van der Waals surface area contributed by atoms with Crippen molar-refractivity contribution in [1.82, 2.24) is 15.5 Å². The van der Waals surface area contributed by atoms with Crippen LogP contribution >= 0.6 is 39.9 Å². The van der Waals surface area contributed by atoms with Gasteiger partial charge in [0.05, 0.1) is 19.1 Å². The standard InChI is InChI=1S/C19H25BrN4O2.HI/c1-13-5-10-17(26-13)14(2)23-19(22-12-18(25)24(3)4)21-11-15-6-8-16(20)9-7-15;/h5-10,14H,11-12H2,1-4H3,(H2,21,22,23);1H. The summed E-state index contributed by atoms with van der Waals surface area (Å²) in [6, 6.07) is 11.8. The molecule has 0 aliphatic carbocycles. The van der Waals surface area contributed by atoms with E-state index in [-0.39, 0.29) is 42.5 Å². The number of halogens is 2. The first-order chi connectivity index (χ1) is 12.3. The number of carbonyl (C=O) groups is 1. The molecule has 27 heavy (non-hydrogen) atoms. The van der Waals surface area contributed by atoms with Gasteiger partial charge < -0.3 is 20.0 Å². The Labute approximate surface area is 185 Å². The van der Waals surface area contributed by atoms with Crippen molar-refractivity contribution < 1.29 is 9.21 Å². The summed E-state index contributed by atoms with van der Waals surface area (Å²) in [4.78, 5) is 18.0. The van der Waals surface area contributed by atoms with Gasteiger partial charge in [-0.3, -0.25) is 4.79 Å². The lowest BCUT2D eigenvalue weighted by atomic mass is 10.2. The van der Waals surface area contributed by atoms with Gasteiger partial charge in [-0.25, -0.2) is 4.99 Å². The second kappa shape index (κ2) is 11.3. The van der Waals surface area contributed by atoms with Crippen LogP contribution in [0.25, 0.3) is 0 Å². The van der Waals surface area contributed by atoms with Crippen LogP contribution in [0.5, 0.6) is 0 Å². The number of nitrogens with one attached hydrogen (secondary N) is 2. The zero-order valence-corrected chi connectivity index (χ0v) is 19.9. The largest absolute Gasteiger partial charge is 0.464 e. The molecule has 148 valence electrons. The third kappa shape index (κ3) is 7.92. The second-order valence-electron chi connectivity index (χ2n) is 6.25. The number of benzene rings is 1. The Hall–Kier alpha value is -1.55. The van der Waals surface area contributed by atoms with E-state index in [2.05, 4.69) is 31.6 Å². The molecule has 0 fully saturated rings. The maximum Gasteiger partial charge on any atom is 0.241 e. The Morgan fingerprint density at radius 1 is 1.22 bits per heavy atom. The number of carbonyl (C=O) groups excluding carboxylic acids is 1. The number of aliphatic imine (C=N–C) groups is 1. The first kappa shape index (κ1) is 23.5. The smallest absolute Gasteiger partial charge is 0.241 e. The third-order valence-corrected chi connectivity index (χ3v) is 4.31. The van der Waals surface area contributed by atoms with Crippen LogP contribution in [0.1, 0.15) is 30.0 Å². The lowest BCUT2D eigenvalue weighted by Crippen LogP contribution is -2.43. The Morgan fingerprint density at radius 3 is 2.44 bits per heavy atom. The van der Waals surface area contributed by atoms with Crippen molar-refractivity contribution in [2.45, 2.75) is 26.4 Å². The Bertz CT molecular complexity index is 759. The van der Waals surface area contributed by atoms with Gasteiger partial charge in [0.1, 0.15) is 11.5 Å². The summed E-state index contributed by atoms with van der Waals surface area (Å²) >= 11 is 3.43. The van der Waals surface area contributed by atoms with Crippen LogP contribution in [0.15, 0.2) is 50.3 Å². The number of rotatable bonds is 6. The molecule has 1 atom stereocenters. The fourth-order valence-corrected chi connectivity index (χ4v) is 2.46. The molecule has 2 rings (SSSR count). The molecule has 8 heteroatoms. The molecule has 1 heterocycles. The lowest BCUT2D eigenvalue weighted by Gasteiger charge is -2.18. The normalized spacial score (nSPS) is 12.1. The summed E-state index contributed by atoms with van der Waals surface area (Å²) in [6.45, 7) is 4.57. The lowest BCUT2D eigenvalue weighted by molar-refractivity contribution is -0.127. The van der Waals surface area contributed by atoms with Crippen molar-refractivity contribution in [1.29, 1.82) is 0 Å². The number of amides is 1. The molecule has 0 saturated carbocycles. The quantitative estimate of drug-likeness (QED) is 0.327. The number of furan rings is 1. The van der Waals surface area contributed by atoms with Crippen molar-refractivity contribution in [3.8, 4) is 0 Å². The zero-order chi connectivity index (χ0) is 19.1. The first-order valence-electron chi connectivity index (χ1n) is 8.41. The van der Waals surface area contributed by atoms with E-state index < -0.39 is 0 Å². The molecular formula is C19H26BrIN4O2. The minimum Gasteiger partial charge on any atom is -0.464 e. The number of likely N-dealkylation sites (N-methyl/N-ethyl adjacent to an activating group) is 1. The van der Waals surface area contributed by atoms with Crippen LogP contribution in [0.2, 0.25) is 0 Å². The van der Waals surface area contributed by atoms with Crippen molar-refractivity contribution in [2.24, 2.45) is 4.99 Å². The molecule has 1 unspecified atom stereocenters. The monoisotopic (exact) mass is 548 g/mol. The predicted octanol–water partition coefficient (Wildman–Crippen LogP) is 3.85. The number of nitrogens with zero attached hydrogens (tertiary/aromatic N) is 2. The highest BCUT2D eigenvalue weighted by atomic mass is 127. The third-order valence-electron chi connectivity index (χ3n) is 3.78. The van der Waals surface area contributed by atoms with Gasteiger partial charge in [-0.05, 0) is 43.7 Å². The number of hydrogen-bond acceptors (Lipinski definition) is 3. The average molecular weight is 549 g/mol.